The molecule has 4 heterocycles. The first-order valence-electron chi connectivity index (χ1n) is 9.64. The second-order valence-electron chi connectivity index (χ2n) is 7.47. The first kappa shape index (κ1) is 16.5. The largest absolute Gasteiger partial charge is 0.384 e. The molecule has 0 saturated carbocycles. The lowest BCUT2D eigenvalue weighted by Gasteiger charge is -2.36. The fourth-order valence-corrected chi connectivity index (χ4v) is 4.29. The standard InChI is InChI=1S/C19H28N6/c20-17-8-7-16-18(23-17)21-14-22-19(16)25-11-5-6-15(13-25)12-24-9-3-1-2-4-10-24/h7-8,14-15H,1-6,9-13H2,(H2,20,21,22,23)/t15-/m0/s1. The van der Waals surface area contributed by atoms with Crippen LogP contribution in [0.25, 0.3) is 11.0 Å². The molecule has 2 aromatic rings. The number of piperidine rings is 1. The fourth-order valence-electron chi connectivity index (χ4n) is 4.29. The monoisotopic (exact) mass is 340 g/mol. The molecule has 2 fully saturated rings. The van der Waals surface area contributed by atoms with Gasteiger partial charge in [-0.15, -0.1) is 0 Å². The second kappa shape index (κ2) is 7.52. The molecule has 0 spiro atoms. The zero-order valence-corrected chi connectivity index (χ0v) is 14.9. The summed E-state index contributed by atoms with van der Waals surface area (Å²) in [4.78, 5) is 18.3. The van der Waals surface area contributed by atoms with Gasteiger partial charge in [-0.25, -0.2) is 15.0 Å². The summed E-state index contributed by atoms with van der Waals surface area (Å²) in [5.74, 6) is 2.24. The van der Waals surface area contributed by atoms with E-state index in [0.29, 0.717) is 11.5 Å². The summed E-state index contributed by atoms with van der Waals surface area (Å²) in [5, 5.41) is 1.01. The number of nitrogen functional groups attached to an aromatic ring is 1. The maximum Gasteiger partial charge on any atom is 0.166 e. The molecule has 0 radical (unpaired) electrons. The topological polar surface area (TPSA) is 71.2 Å². The van der Waals surface area contributed by atoms with Crippen molar-refractivity contribution in [2.24, 2.45) is 5.92 Å². The molecule has 0 aromatic carbocycles. The fraction of sp³-hybridized carbons (Fsp3) is 0.632. The van der Waals surface area contributed by atoms with E-state index < -0.39 is 0 Å². The van der Waals surface area contributed by atoms with Gasteiger partial charge in [-0.2, -0.15) is 0 Å². The number of pyridine rings is 1. The Hall–Kier alpha value is -1.95. The molecule has 2 N–H and O–H groups in total. The van der Waals surface area contributed by atoms with Gasteiger partial charge in [0.15, 0.2) is 5.65 Å². The Kier molecular flexibility index (Phi) is 4.97. The molecule has 0 aliphatic carbocycles. The maximum atomic E-state index is 5.80. The van der Waals surface area contributed by atoms with Crippen molar-refractivity contribution >= 4 is 22.7 Å². The van der Waals surface area contributed by atoms with Crippen LogP contribution in [0.1, 0.15) is 38.5 Å². The molecule has 6 heteroatoms. The van der Waals surface area contributed by atoms with E-state index in [4.69, 9.17) is 5.73 Å². The van der Waals surface area contributed by atoms with Gasteiger partial charge < -0.3 is 15.5 Å². The second-order valence-corrected chi connectivity index (χ2v) is 7.47. The highest BCUT2D eigenvalue weighted by Gasteiger charge is 2.24. The van der Waals surface area contributed by atoms with Gasteiger partial charge in [0.25, 0.3) is 0 Å². The first-order valence-corrected chi connectivity index (χ1v) is 9.64. The van der Waals surface area contributed by atoms with Gasteiger partial charge in [0.05, 0.1) is 5.39 Å². The predicted molar refractivity (Wildman–Crippen MR) is 102 cm³/mol. The molecule has 134 valence electrons. The van der Waals surface area contributed by atoms with Crippen LogP contribution in [0.2, 0.25) is 0 Å². The molecular weight excluding hydrogens is 312 g/mol. The van der Waals surface area contributed by atoms with Crippen LogP contribution in [-0.4, -0.2) is 52.6 Å². The van der Waals surface area contributed by atoms with Crippen molar-refractivity contribution in [3.8, 4) is 0 Å². The summed E-state index contributed by atoms with van der Waals surface area (Å²) in [7, 11) is 0. The highest BCUT2D eigenvalue weighted by molar-refractivity contribution is 5.87. The van der Waals surface area contributed by atoms with Gasteiger partial charge in [-0.05, 0) is 56.8 Å². The molecule has 2 aliphatic heterocycles. The third-order valence-electron chi connectivity index (χ3n) is 5.53. The summed E-state index contributed by atoms with van der Waals surface area (Å²) in [6.07, 6.45) is 9.68. The lowest BCUT2D eigenvalue weighted by molar-refractivity contribution is 0.222. The van der Waals surface area contributed by atoms with Crippen LogP contribution in [0.5, 0.6) is 0 Å². The third-order valence-corrected chi connectivity index (χ3v) is 5.53. The number of nitrogens with two attached hydrogens (primary N) is 1. The van der Waals surface area contributed by atoms with Crippen molar-refractivity contribution in [3.05, 3.63) is 18.5 Å². The molecule has 1 atom stereocenters. The number of hydrogen-bond acceptors (Lipinski definition) is 6. The summed E-state index contributed by atoms with van der Waals surface area (Å²) >= 11 is 0. The van der Waals surface area contributed by atoms with Crippen LogP contribution < -0.4 is 10.6 Å². The van der Waals surface area contributed by atoms with E-state index in [-0.39, 0.29) is 0 Å². The first-order chi connectivity index (χ1) is 12.3. The minimum atomic E-state index is 0.509. The van der Waals surface area contributed by atoms with Crippen LogP contribution in [0.15, 0.2) is 18.5 Å². The van der Waals surface area contributed by atoms with Gasteiger partial charge in [-0.1, -0.05) is 12.8 Å². The minimum absolute atomic E-state index is 0.509. The quantitative estimate of drug-likeness (QED) is 0.926. The van der Waals surface area contributed by atoms with Crippen LogP contribution in [0, 0.1) is 5.92 Å². The average Bonchev–Trinajstić information content (AvgIpc) is 2.90. The Morgan fingerprint density at radius 2 is 1.84 bits per heavy atom. The van der Waals surface area contributed by atoms with Crippen LogP contribution in [-0.2, 0) is 0 Å². The molecule has 2 aliphatic rings. The van der Waals surface area contributed by atoms with E-state index in [1.165, 1.54) is 58.2 Å². The summed E-state index contributed by atoms with van der Waals surface area (Å²) in [6.45, 7) is 5.91. The van der Waals surface area contributed by atoms with E-state index in [9.17, 15) is 0 Å². The molecule has 25 heavy (non-hydrogen) atoms. The highest BCUT2D eigenvalue weighted by atomic mass is 15.2. The number of likely N-dealkylation sites (tertiary alicyclic amines) is 1. The Morgan fingerprint density at radius 1 is 1.00 bits per heavy atom. The smallest absolute Gasteiger partial charge is 0.166 e. The van der Waals surface area contributed by atoms with Gasteiger partial charge in [0.2, 0.25) is 0 Å². The number of anilines is 2. The number of rotatable bonds is 3. The van der Waals surface area contributed by atoms with Gasteiger partial charge in [0.1, 0.15) is 18.0 Å². The Morgan fingerprint density at radius 3 is 2.68 bits per heavy atom. The van der Waals surface area contributed by atoms with Gasteiger partial charge >= 0.3 is 0 Å². The predicted octanol–water partition coefficient (Wildman–Crippen LogP) is 2.70. The highest BCUT2D eigenvalue weighted by Crippen LogP contribution is 2.28. The van der Waals surface area contributed by atoms with Crippen molar-refractivity contribution in [2.45, 2.75) is 38.5 Å². The SMILES string of the molecule is Nc1ccc2c(N3CCC[C@@H](CN4CCCCCC4)C3)ncnc2n1. The molecular formula is C19H28N6. The van der Waals surface area contributed by atoms with Crippen LogP contribution in [0.3, 0.4) is 0 Å². The number of hydrogen-bond donors (Lipinski definition) is 1. The minimum Gasteiger partial charge on any atom is -0.384 e. The van der Waals surface area contributed by atoms with E-state index in [1.54, 1.807) is 6.33 Å². The van der Waals surface area contributed by atoms with E-state index in [2.05, 4.69) is 24.8 Å². The Labute approximate surface area is 149 Å². The number of aromatic nitrogens is 3. The van der Waals surface area contributed by atoms with Crippen molar-refractivity contribution in [2.75, 3.05) is 43.4 Å². The maximum absolute atomic E-state index is 5.80. The molecule has 6 nitrogen and oxygen atoms in total. The molecule has 2 aromatic heterocycles. The average molecular weight is 340 g/mol. The zero-order valence-electron chi connectivity index (χ0n) is 14.9. The summed E-state index contributed by atoms with van der Waals surface area (Å²) in [5.41, 5.74) is 6.49. The number of nitrogens with zero attached hydrogens (tertiary/aromatic N) is 5. The lowest BCUT2D eigenvalue weighted by atomic mass is 9.97. The van der Waals surface area contributed by atoms with Crippen LogP contribution in [0.4, 0.5) is 11.6 Å². The van der Waals surface area contributed by atoms with Crippen molar-refractivity contribution in [3.63, 3.8) is 0 Å². The summed E-state index contributed by atoms with van der Waals surface area (Å²) in [6, 6.07) is 3.85. The van der Waals surface area contributed by atoms with Crippen molar-refractivity contribution in [1.29, 1.82) is 0 Å². The summed E-state index contributed by atoms with van der Waals surface area (Å²) < 4.78 is 0. The van der Waals surface area contributed by atoms with Gasteiger partial charge in [0, 0.05) is 19.6 Å². The van der Waals surface area contributed by atoms with Crippen molar-refractivity contribution in [1.82, 2.24) is 19.9 Å². The number of fused-ring (bicyclic) bond motifs is 1. The zero-order chi connectivity index (χ0) is 17.1. The van der Waals surface area contributed by atoms with Gasteiger partial charge in [-0.3, -0.25) is 0 Å². The molecule has 0 amide bonds. The Balaban J connectivity index is 1.49. The third kappa shape index (κ3) is 3.84. The normalized spacial score (nSPS) is 22.9. The Bertz CT molecular complexity index is 710. The molecule has 0 unspecified atom stereocenters. The van der Waals surface area contributed by atoms with E-state index in [0.717, 1.165) is 30.2 Å². The van der Waals surface area contributed by atoms with Crippen LogP contribution >= 0.6 is 0 Å². The molecule has 0 bridgehead atoms. The van der Waals surface area contributed by atoms with E-state index in [1.807, 2.05) is 12.1 Å². The lowest BCUT2D eigenvalue weighted by Crippen LogP contribution is -2.41. The van der Waals surface area contributed by atoms with Crippen molar-refractivity contribution < 1.29 is 0 Å². The van der Waals surface area contributed by atoms with E-state index >= 15 is 0 Å². The molecule has 2 saturated heterocycles. The molecule has 4 rings (SSSR count).